The molecule has 0 spiro atoms. The minimum absolute atomic E-state index is 0.360. The van der Waals surface area contributed by atoms with Crippen LogP contribution < -0.4 is 16.6 Å². The van der Waals surface area contributed by atoms with Crippen LogP contribution in [0.5, 0.6) is 0 Å². The van der Waals surface area contributed by atoms with Gasteiger partial charge >= 0.3 is 0 Å². The van der Waals surface area contributed by atoms with Crippen molar-refractivity contribution in [2.45, 2.75) is 13.5 Å². The summed E-state index contributed by atoms with van der Waals surface area (Å²) in [5.41, 5.74) is 2.44. The topological polar surface area (TPSA) is 115 Å². The average Bonchev–Trinajstić information content (AvgIpc) is 3.04. The van der Waals surface area contributed by atoms with Crippen LogP contribution >= 0.6 is 11.3 Å². The number of nitrogens with zero attached hydrogens (tertiary/aromatic N) is 4. The quantitative estimate of drug-likeness (QED) is 0.482. The van der Waals surface area contributed by atoms with Gasteiger partial charge in [0.1, 0.15) is 10.6 Å². The predicted molar refractivity (Wildman–Crippen MR) is 71.6 cm³/mol. The largest absolute Gasteiger partial charge is 0.360 e. The highest BCUT2D eigenvalue weighted by atomic mass is 32.1. The second-order valence-electron chi connectivity index (χ2n) is 3.77. The molecule has 0 radical (unpaired) electrons. The van der Waals surface area contributed by atoms with Gasteiger partial charge in [0.05, 0.1) is 11.9 Å². The van der Waals surface area contributed by atoms with Gasteiger partial charge in [-0.2, -0.15) is 9.97 Å². The smallest absolute Gasteiger partial charge is 0.245 e. The fraction of sp³-hybridized carbons (Fsp3) is 0.200. The fourth-order valence-corrected chi connectivity index (χ4v) is 2.39. The van der Waals surface area contributed by atoms with Gasteiger partial charge in [-0.05, 0) is 18.4 Å². The van der Waals surface area contributed by atoms with Crippen molar-refractivity contribution < 1.29 is 4.52 Å². The van der Waals surface area contributed by atoms with Crippen molar-refractivity contribution in [1.29, 1.82) is 0 Å². The molecule has 0 amide bonds. The van der Waals surface area contributed by atoms with Gasteiger partial charge in [0, 0.05) is 0 Å². The third-order valence-electron chi connectivity index (χ3n) is 2.43. The molecular weight excluding hydrogens is 266 g/mol. The van der Waals surface area contributed by atoms with Gasteiger partial charge in [-0.1, -0.05) is 5.16 Å². The number of rotatable bonds is 4. The molecule has 19 heavy (non-hydrogen) atoms. The maximum absolute atomic E-state index is 5.35. The summed E-state index contributed by atoms with van der Waals surface area (Å²) in [6, 6.07) is 1.95. The van der Waals surface area contributed by atoms with Crippen molar-refractivity contribution >= 4 is 33.3 Å². The minimum atomic E-state index is 0.360. The van der Waals surface area contributed by atoms with Gasteiger partial charge < -0.3 is 9.84 Å². The van der Waals surface area contributed by atoms with Gasteiger partial charge in [0.25, 0.3) is 0 Å². The molecule has 0 aromatic carbocycles. The third kappa shape index (κ3) is 2.33. The summed E-state index contributed by atoms with van der Waals surface area (Å²) in [4.78, 5) is 13.5. The number of fused-ring (bicyclic) bond motifs is 1. The molecule has 3 aromatic heterocycles. The van der Waals surface area contributed by atoms with E-state index >= 15 is 0 Å². The first kappa shape index (κ1) is 11.8. The van der Waals surface area contributed by atoms with Crippen LogP contribution in [-0.2, 0) is 6.54 Å². The SMILES string of the molecule is Cc1noc(CNc2nc(NN)nc3sccc23)n1. The minimum Gasteiger partial charge on any atom is -0.360 e. The first-order valence-corrected chi connectivity index (χ1v) is 6.39. The molecule has 0 fully saturated rings. The molecule has 0 aliphatic carbocycles. The van der Waals surface area contributed by atoms with Gasteiger partial charge in [0.15, 0.2) is 5.82 Å². The Balaban J connectivity index is 1.88. The summed E-state index contributed by atoms with van der Waals surface area (Å²) in [7, 11) is 0. The zero-order valence-electron chi connectivity index (χ0n) is 10.0. The molecule has 0 saturated carbocycles. The van der Waals surface area contributed by atoms with Crippen LogP contribution in [0.1, 0.15) is 11.7 Å². The summed E-state index contributed by atoms with van der Waals surface area (Å²) in [5.74, 6) is 7.49. The molecule has 3 rings (SSSR count). The van der Waals surface area contributed by atoms with E-state index in [1.54, 1.807) is 6.92 Å². The molecule has 9 heteroatoms. The number of anilines is 2. The second-order valence-corrected chi connectivity index (χ2v) is 4.66. The summed E-state index contributed by atoms with van der Waals surface area (Å²) in [6.07, 6.45) is 0. The Bertz CT molecular complexity index is 707. The Hall–Kier alpha value is -2.26. The highest BCUT2D eigenvalue weighted by molar-refractivity contribution is 7.16. The van der Waals surface area contributed by atoms with E-state index in [0.29, 0.717) is 30.0 Å². The van der Waals surface area contributed by atoms with Crippen molar-refractivity contribution in [3.8, 4) is 0 Å². The van der Waals surface area contributed by atoms with Gasteiger partial charge in [0.2, 0.25) is 11.8 Å². The second kappa shape index (κ2) is 4.78. The summed E-state index contributed by atoms with van der Waals surface area (Å²) >= 11 is 1.52. The first-order chi connectivity index (χ1) is 9.26. The lowest BCUT2D eigenvalue weighted by atomic mass is 10.4. The molecule has 0 unspecified atom stereocenters. The Morgan fingerprint density at radius 3 is 3.00 bits per heavy atom. The number of hydrazine groups is 1. The third-order valence-corrected chi connectivity index (χ3v) is 3.24. The maximum atomic E-state index is 5.35. The molecule has 0 bridgehead atoms. The maximum Gasteiger partial charge on any atom is 0.245 e. The van der Waals surface area contributed by atoms with Crippen LogP contribution in [-0.4, -0.2) is 20.1 Å². The fourth-order valence-electron chi connectivity index (χ4n) is 1.63. The predicted octanol–water partition coefficient (Wildman–Crippen LogP) is 1.28. The van der Waals surface area contributed by atoms with Crippen molar-refractivity contribution in [3.63, 3.8) is 0 Å². The Kier molecular flexibility index (Phi) is 2.97. The molecule has 3 aromatic rings. The first-order valence-electron chi connectivity index (χ1n) is 5.51. The number of hydrogen-bond acceptors (Lipinski definition) is 9. The Morgan fingerprint density at radius 1 is 1.37 bits per heavy atom. The lowest BCUT2D eigenvalue weighted by Gasteiger charge is -2.06. The Morgan fingerprint density at radius 2 is 2.26 bits per heavy atom. The van der Waals surface area contributed by atoms with E-state index in [1.165, 1.54) is 11.3 Å². The highest BCUT2D eigenvalue weighted by Crippen LogP contribution is 2.26. The van der Waals surface area contributed by atoms with Crippen molar-refractivity contribution in [1.82, 2.24) is 20.1 Å². The van der Waals surface area contributed by atoms with E-state index in [0.717, 1.165) is 10.2 Å². The molecule has 3 heterocycles. The number of hydrogen-bond donors (Lipinski definition) is 3. The van der Waals surface area contributed by atoms with Gasteiger partial charge in [-0.3, -0.25) is 5.43 Å². The molecule has 0 aliphatic rings. The summed E-state index contributed by atoms with van der Waals surface area (Å²) in [5, 5.41) is 9.74. The number of aryl methyl sites for hydroxylation is 1. The van der Waals surface area contributed by atoms with E-state index in [9.17, 15) is 0 Å². The van der Waals surface area contributed by atoms with E-state index in [2.05, 4.69) is 30.9 Å². The van der Waals surface area contributed by atoms with E-state index in [4.69, 9.17) is 10.4 Å². The number of nitrogen functional groups attached to an aromatic ring is 1. The molecule has 0 saturated heterocycles. The number of aromatic nitrogens is 4. The molecule has 4 N–H and O–H groups in total. The number of nitrogens with two attached hydrogens (primary N) is 1. The van der Waals surface area contributed by atoms with Crippen LogP contribution in [0.4, 0.5) is 11.8 Å². The van der Waals surface area contributed by atoms with Crippen LogP contribution in [0.25, 0.3) is 10.2 Å². The molecule has 0 atom stereocenters. The molecule has 8 nitrogen and oxygen atoms in total. The zero-order valence-corrected chi connectivity index (χ0v) is 10.9. The van der Waals surface area contributed by atoms with Crippen molar-refractivity contribution in [2.24, 2.45) is 5.84 Å². The molecular formula is C10H11N7OS. The zero-order chi connectivity index (χ0) is 13.2. The number of nitrogens with one attached hydrogen (secondary N) is 2. The van der Waals surface area contributed by atoms with Crippen LogP contribution in [0.2, 0.25) is 0 Å². The van der Waals surface area contributed by atoms with E-state index in [-0.39, 0.29) is 0 Å². The Labute approximate surface area is 112 Å². The van der Waals surface area contributed by atoms with Crippen LogP contribution in [0.15, 0.2) is 16.0 Å². The van der Waals surface area contributed by atoms with Crippen molar-refractivity contribution in [2.75, 3.05) is 10.7 Å². The van der Waals surface area contributed by atoms with Gasteiger partial charge in [-0.25, -0.2) is 10.8 Å². The molecule has 0 aliphatic heterocycles. The summed E-state index contributed by atoms with van der Waals surface area (Å²) < 4.78 is 5.03. The van der Waals surface area contributed by atoms with Gasteiger partial charge in [-0.15, -0.1) is 11.3 Å². The van der Waals surface area contributed by atoms with Crippen LogP contribution in [0.3, 0.4) is 0 Å². The van der Waals surface area contributed by atoms with E-state index < -0.39 is 0 Å². The highest BCUT2D eigenvalue weighted by Gasteiger charge is 2.09. The lowest BCUT2D eigenvalue weighted by molar-refractivity contribution is 0.379. The van der Waals surface area contributed by atoms with Crippen molar-refractivity contribution in [3.05, 3.63) is 23.2 Å². The average molecular weight is 277 g/mol. The lowest BCUT2D eigenvalue weighted by Crippen LogP contribution is -2.12. The standard InChI is InChI=1S/C10H11N7OS/c1-5-13-7(18-17-5)4-12-8-6-2-3-19-9(6)15-10(14-8)16-11/h2-3H,4,11H2,1H3,(H2,12,14,15,16). The monoisotopic (exact) mass is 277 g/mol. The molecule has 98 valence electrons. The van der Waals surface area contributed by atoms with E-state index in [1.807, 2.05) is 11.4 Å². The normalized spacial score (nSPS) is 10.8. The van der Waals surface area contributed by atoms with Crippen LogP contribution in [0, 0.1) is 6.92 Å². The summed E-state index contributed by atoms with van der Waals surface area (Å²) in [6.45, 7) is 2.16. The number of thiophene rings is 1.